The Morgan fingerprint density at radius 2 is 0.893 bits per heavy atom. The van der Waals surface area contributed by atoms with Gasteiger partial charge in [0.1, 0.15) is 12.1 Å². The number of aliphatic carboxylic acids is 1. The topological polar surface area (TPSA) is 138 Å². The zero-order valence-corrected chi connectivity index (χ0v) is 35.8. The van der Waals surface area contributed by atoms with Gasteiger partial charge in [-0.2, -0.15) is 0 Å². The van der Waals surface area contributed by atoms with Crippen LogP contribution >= 0.6 is 7.82 Å². The van der Waals surface area contributed by atoms with Gasteiger partial charge in [0.15, 0.2) is 0 Å². The van der Waals surface area contributed by atoms with E-state index >= 15 is 0 Å². The van der Waals surface area contributed by atoms with E-state index in [4.69, 9.17) is 29.4 Å². The quantitative estimate of drug-likeness (QED) is 0.0314. The van der Waals surface area contributed by atoms with Crippen LogP contribution in [0.1, 0.15) is 142 Å². The zero-order chi connectivity index (χ0) is 41.1. The van der Waals surface area contributed by atoms with Gasteiger partial charge >= 0.3 is 13.8 Å². The molecule has 0 spiro atoms. The number of carbonyl (C=O) groups is 1. The molecule has 0 saturated carbocycles. The number of phosphoric ester groups is 1. The van der Waals surface area contributed by atoms with E-state index in [1.807, 2.05) is 0 Å². The molecule has 0 amide bonds. The second-order valence-electron chi connectivity index (χ2n) is 13.7. The van der Waals surface area contributed by atoms with Gasteiger partial charge in [0.2, 0.25) is 0 Å². The lowest BCUT2D eigenvalue weighted by Crippen LogP contribution is -2.34. The van der Waals surface area contributed by atoms with Gasteiger partial charge < -0.3 is 25.2 Å². The van der Waals surface area contributed by atoms with Gasteiger partial charge in [-0.3, -0.25) is 13.8 Å². The van der Waals surface area contributed by atoms with Gasteiger partial charge in [-0.15, -0.1) is 0 Å². The highest BCUT2D eigenvalue weighted by Gasteiger charge is 2.26. The first-order valence-corrected chi connectivity index (χ1v) is 22.8. The second-order valence-corrected chi connectivity index (χ2v) is 15.2. The Morgan fingerprint density at radius 3 is 1.29 bits per heavy atom. The van der Waals surface area contributed by atoms with Crippen molar-refractivity contribution in [2.24, 2.45) is 5.73 Å². The van der Waals surface area contributed by atoms with Crippen LogP contribution in [0.15, 0.2) is 97.2 Å². The maximum Gasteiger partial charge on any atom is 0.472 e. The Balaban J connectivity index is 4.34. The molecule has 0 fully saturated rings. The molecule has 0 aliphatic rings. The van der Waals surface area contributed by atoms with Crippen LogP contribution in [0, 0.1) is 0 Å². The summed E-state index contributed by atoms with van der Waals surface area (Å²) in [6, 6.07) is -1.43. The Hall–Kier alpha value is -2.62. The molecule has 56 heavy (non-hydrogen) atoms. The number of carboxylic acid groups (broad SMARTS) is 1. The second kappa shape index (κ2) is 42.0. The van der Waals surface area contributed by atoms with E-state index in [2.05, 4.69) is 111 Å². The summed E-state index contributed by atoms with van der Waals surface area (Å²) in [5.74, 6) is -1.34. The smallest absolute Gasteiger partial charge is 0.472 e. The van der Waals surface area contributed by atoms with E-state index in [1.54, 1.807) is 0 Å². The van der Waals surface area contributed by atoms with E-state index in [9.17, 15) is 14.3 Å². The van der Waals surface area contributed by atoms with Crippen molar-refractivity contribution >= 4 is 13.8 Å². The molecule has 0 aliphatic carbocycles. The largest absolute Gasteiger partial charge is 0.480 e. The lowest BCUT2D eigenvalue weighted by molar-refractivity contribution is -0.139. The summed E-state index contributed by atoms with van der Waals surface area (Å²) < 4.78 is 33.9. The third-order valence-corrected chi connectivity index (χ3v) is 9.36. The van der Waals surface area contributed by atoms with E-state index in [1.165, 1.54) is 51.4 Å². The Labute approximate surface area is 341 Å². The van der Waals surface area contributed by atoms with E-state index in [0.717, 1.165) is 77.0 Å². The maximum absolute atomic E-state index is 12.3. The summed E-state index contributed by atoms with van der Waals surface area (Å²) in [6.45, 7) is 4.73. The molecule has 1 unspecified atom stereocenters. The van der Waals surface area contributed by atoms with E-state index in [0.29, 0.717) is 13.2 Å². The van der Waals surface area contributed by atoms with Gasteiger partial charge in [-0.05, 0) is 103 Å². The van der Waals surface area contributed by atoms with Gasteiger partial charge in [0, 0.05) is 13.2 Å². The summed E-state index contributed by atoms with van der Waals surface area (Å²) >= 11 is 0. The molecule has 0 aromatic rings. The summed E-state index contributed by atoms with van der Waals surface area (Å²) in [7, 11) is -4.52. The maximum atomic E-state index is 12.3. The molecule has 10 heteroatoms. The molecule has 0 heterocycles. The van der Waals surface area contributed by atoms with Crippen molar-refractivity contribution < 1.29 is 37.9 Å². The molecule has 4 N–H and O–H groups in total. The Kier molecular flexibility index (Phi) is 40.0. The molecule has 3 atom stereocenters. The fraction of sp³-hybridized carbons (Fsp3) is 0.630. The summed E-state index contributed by atoms with van der Waals surface area (Å²) in [6.07, 6.45) is 56.1. The SMILES string of the molecule is CCCCC/C=C\C/C=C\C/C=C\C/C=C\CCCCOC[C@H](COP(=O)(O)OC[C@H](N)C(=O)O)OCCCC/C=C\C/C=C\C/C=C\C/C=C\CCCCC. The van der Waals surface area contributed by atoms with Crippen molar-refractivity contribution in [2.45, 2.75) is 154 Å². The molecule has 9 nitrogen and oxygen atoms in total. The third-order valence-electron chi connectivity index (χ3n) is 8.40. The van der Waals surface area contributed by atoms with E-state index in [-0.39, 0.29) is 13.2 Å². The van der Waals surface area contributed by atoms with Gasteiger partial charge in [-0.25, -0.2) is 4.57 Å². The van der Waals surface area contributed by atoms with Crippen LogP contribution in [0.3, 0.4) is 0 Å². The first kappa shape index (κ1) is 53.4. The predicted octanol–water partition coefficient (Wildman–Crippen LogP) is 12.2. The average molecular weight is 804 g/mol. The third kappa shape index (κ3) is 41.0. The highest BCUT2D eigenvalue weighted by Crippen LogP contribution is 2.43. The monoisotopic (exact) mass is 804 g/mol. The minimum atomic E-state index is -4.52. The fourth-order valence-electron chi connectivity index (χ4n) is 5.02. The van der Waals surface area contributed by atoms with Crippen LogP contribution in [-0.2, 0) is 27.9 Å². The first-order valence-electron chi connectivity index (χ1n) is 21.3. The Morgan fingerprint density at radius 1 is 0.536 bits per heavy atom. The molecule has 0 aromatic heterocycles. The molecule has 320 valence electrons. The number of unbranched alkanes of at least 4 members (excludes halogenated alkanes) is 10. The van der Waals surface area contributed by atoms with Gasteiger partial charge in [-0.1, -0.05) is 137 Å². The van der Waals surface area contributed by atoms with Crippen LogP contribution in [0.4, 0.5) is 0 Å². The summed E-state index contributed by atoms with van der Waals surface area (Å²) in [5.41, 5.74) is 5.37. The summed E-state index contributed by atoms with van der Waals surface area (Å²) in [5, 5.41) is 8.90. The van der Waals surface area contributed by atoms with Crippen molar-refractivity contribution in [3.05, 3.63) is 97.2 Å². The van der Waals surface area contributed by atoms with Crippen molar-refractivity contribution in [2.75, 3.05) is 33.0 Å². The van der Waals surface area contributed by atoms with Crippen molar-refractivity contribution in [3.8, 4) is 0 Å². The van der Waals surface area contributed by atoms with Gasteiger partial charge in [0.05, 0.1) is 19.8 Å². The number of nitrogens with two attached hydrogens (primary N) is 1. The lowest BCUT2D eigenvalue weighted by Gasteiger charge is -2.20. The number of hydrogen-bond acceptors (Lipinski definition) is 7. The van der Waals surface area contributed by atoms with Gasteiger partial charge in [0.25, 0.3) is 0 Å². The van der Waals surface area contributed by atoms with Crippen LogP contribution in [0.2, 0.25) is 0 Å². The van der Waals surface area contributed by atoms with Crippen molar-refractivity contribution in [1.82, 2.24) is 0 Å². The first-order chi connectivity index (χ1) is 27.3. The standard InChI is InChI=1S/C46H78NO8P/c1-3-5-7-9-11-13-15-17-19-21-23-25-27-29-31-33-35-37-39-52-41-44(42-54-56(50,51)55-43-45(47)46(48)49)53-40-38-36-34-32-30-28-26-24-22-20-18-16-14-12-10-8-6-4-2/h11-14,17-20,23-26,29-32,44-45H,3-10,15-16,21-22,27-28,33-43,47H2,1-2H3,(H,48,49)(H,50,51)/b13-11-,14-12-,19-17-,20-18-,25-23-,26-24-,31-29-,32-30-/t44-,45+/m1/s1. The average Bonchev–Trinajstić information content (AvgIpc) is 3.18. The molecule has 0 aliphatic heterocycles. The molecule has 0 radical (unpaired) electrons. The number of hydrogen-bond donors (Lipinski definition) is 3. The van der Waals surface area contributed by atoms with Crippen LogP contribution < -0.4 is 5.73 Å². The van der Waals surface area contributed by atoms with Crippen molar-refractivity contribution in [1.29, 1.82) is 0 Å². The predicted molar refractivity (Wildman–Crippen MR) is 235 cm³/mol. The summed E-state index contributed by atoms with van der Waals surface area (Å²) in [4.78, 5) is 20.9. The number of allylic oxidation sites excluding steroid dienone is 16. The Bertz CT molecular complexity index is 1190. The minimum Gasteiger partial charge on any atom is -0.480 e. The lowest BCUT2D eigenvalue weighted by atomic mass is 10.2. The van der Waals surface area contributed by atoms with Crippen LogP contribution in [0.25, 0.3) is 0 Å². The molecule has 0 saturated heterocycles. The molecule has 0 bridgehead atoms. The zero-order valence-electron chi connectivity index (χ0n) is 34.9. The fourth-order valence-corrected chi connectivity index (χ4v) is 5.80. The number of rotatable bonds is 40. The number of ether oxygens (including phenoxy) is 2. The highest BCUT2D eigenvalue weighted by molar-refractivity contribution is 7.47. The van der Waals surface area contributed by atoms with Crippen LogP contribution in [0.5, 0.6) is 0 Å². The number of phosphoric acid groups is 1. The van der Waals surface area contributed by atoms with Crippen LogP contribution in [-0.4, -0.2) is 61.1 Å². The molecular formula is C46H78NO8P. The van der Waals surface area contributed by atoms with Crippen molar-refractivity contribution in [3.63, 3.8) is 0 Å². The van der Waals surface area contributed by atoms with E-state index < -0.39 is 32.5 Å². The molecular weight excluding hydrogens is 725 g/mol. The normalized spacial score (nSPS) is 15.1. The minimum absolute atomic E-state index is 0.191. The highest BCUT2D eigenvalue weighted by atomic mass is 31.2. The molecule has 0 rings (SSSR count). The number of carboxylic acids is 1. The molecule has 0 aromatic carbocycles.